The Morgan fingerprint density at radius 2 is 2.05 bits per heavy atom. The van der Waals surface area contributed by atoms with Crippen molar-refractivity contribution in [1.82, 2.24) is 5.32 Å². The van der Waals surface area contributed by atoms with Gasteiger partial charge in [0.25, 0.3) is 0 Å². The van der Waals surface area contributed by atoms with Gasteiger partial charge in [0.15, 0.2) is 0 Å². The zero-order chi connectivity index (χ0) is 14.4. The van der Waals surface area contributed by atoms with Crippen LogP contribution < -0.4 is 10.6 Å². The molecule has 19 heavy (non-hydrogen) atoms. The van der Waals surface area contributed by atoms with Crippen molar-refractivity contribution < 1.29 is 19.1 Å². The number of amides is 2. The number of rotatable bonds is 5. The number of urea groups is 1. The highest BCUT2D eigenvalue weighted by molar-refractivity contribution is 5.99. The van der Waals surface area contributed by atoms with Crippen molar-refractivity contribution in [2.75, 3.05) is 11.9 Å². The molecule has 0 spiro atoms. The number of hydrogen-bond acceptors (Lipinski definition) is 2. The fourth-order valence-corrected chi connectivity index (χ4v) is 1.45. The molecular formula is C13H17FN2O3. The fraction of sp³-hybridized carbons (Fsp3) is 0.385. The molecule has 6 heteroatoms. The highest BCUT2D eigenvalue weighted by atomic mass is 19.1. The van der Waals surface area contributed by atoms with Crippen LogP contribution in [0.2, 0.25) is 0 Å². The Labute approximate surface area is 110 Å². The summed E-state index contributed by atoms with van der Waals surface area (Å²) in [5.41, 5.74) is -0.213. The number of halogens is 1. The van der Waals surface area contributed by atoms with E-state index in [9.17, 15) is 14.0 Å². The smallest absolute Gasteiger partial charge is 0.337 e. The molecule has 0 saturated heterocycles. The summed E-state index contributed by atoms with van der Waals surface area (Å²) in [7, 11) is 0. The zero-order valence-electron chi connectivity index (χ0n) is 10.9. The second-order valence-corrected chi connectivity index (χ2v) is 4.56. The van der Waals surface area contributed by atoms with Crippen molar-refractivity contribution in [1.29, 1.82) is 0 Å². The molecule has 1 aromatic rings. The lowest BCUT2D eigenvalue weighted by atomic mass is 10.1. The molecule has 3 N–H and O–H groups in total. The van der Waals surface area contributed by atoms with Gasteiger partial charge in [0, 0.05) is 6.54 Å². The molecule has 0 heterocycles. The van der Waals surface area contributed by atoms with Crippen molar-refractivity contribution in [2.24, 2.45) is 5.92 Å². The maximum Gasteiger partial charge on any atom is 0.337 e. The molecule has 0 fully saturated rings. The first-order chi connectivity index (χ1) is 8.90. The Kier molecular flexibility index (Phi) is 5.29. The summed E-state index contributed by atoms with van der Waals surface area (Å²) in [5, 5.41) is 13.8. The number of aromatic carboxylic acids is 1. The molecule has 0 unspecified atom stereocenters. The molecule has 5 nitrogen and oxygen atoms in total. The molecule has 0 aliphatic carbocycles. The summed E-state index contributed by atoms with van der Waals surface area (Å²) >= 11 is 0. The van der Waals surface area contributed by atoms with Crippen molar-refractivity contribution in [2.45, 2.75) is 20.3 Å². The number of benzene rings is 1. The van der Waals surface area contributed by atoms with Crippen LogP contribution in [0.4, 0.5) is 14.9 Å². The van der Waals surface area contributed by atoms with Crippen LogP contribution in [0, 0.1) is 11.7 Å². The van der Waals surface area contributed by atoms with Crippen LogP contribution in [0.1, 0.15) is 30.6 Å². The van der Waals surface area contributed by atoms with Crippen molar-refractivity contribution in [3.63, 3.8) is 0 Å². The molecule has 1 aromatic carbocycles. The summed E-state index contributed by atoms with van der Waals surface area (Å²) in [5.74, 6) is -1.39. The van der Waals surface area contributed by atoms with Crippen LogP contribution in [0.15, 0.2) is 18.2 Å². The van der Waals surface area contributed by atoms with Gasteiger partial charge in [0.05, 0.1) is 11.3 Å². The SMILES string of the molecule is CC(C)CCNC(=O)Nc1cc(F)ccc1C(=O)O. The van der Waals surface area contributed by atoms with Gasteiger partial charge in [-0.25, -0.2) is 14.0 Å². The fourth-order valence-electron chi connectivity index (χ4n) is 1.45. The van der Waals surface area contributed by atoms with E-state index < -0.39 is 17.8 Å². The molecule has 0 radical (unpaired) electrons. The molecule has 0 atom stereocenters. The first-order valence-corrected chi connectivity index (χ1v) is 5.98. The van der Waals surface area contributed by atoms with Gasteiger partial charge in [-0.2, -0.15) is 0 Å². The number of nitrogens with one attached hydrogen (secondary N) is 2. The zero-order valence-corrected chi connectivity index (χ0v) is 10.9. The second-order valence-electron chi connectivity index (χ2n) is 4.56. The van der Waals surface area contributed by atoms with Gasteiger partial charge in [-0.1, -0.05) is 13.8 Å². The predicted octanol–water partition coefficient (Wildman–Crippen LogP) is 2.69. The Hall–Kier alpha value is -2.11. The standard InChI is InChI=1S/C13H17FN2O3/c1-8(2)5-6-15-13(19)16-11-7-9(14)3-4-10(11)12(17)18/h3-4,7-8H,5-6H2,1-2H3,(H,17,18)(H2,15,16,19). The van der Waals surface area contributed by atoms with Crippen LogP contribution in [0.3, 0.4) is 0 Å². The molecule has 2 amide bonds. The van der Waals surface area contributed by atoms with E-state index in [1.54, 1.807) is 0 Å². The summed E-state index contributed by atoms with van der Waals surface area (Å²) < 4.78 is 13.1. The maximum atomic E-state index is 13.1. The van der Waals surface area contributed by atoms with E-state index in [0.717, 1.165) is 24.6 Å². The third-order valence-electron chi connectivity index (χ3n) is 2.47. The predicted molar refractivity (Wildman–Crippen MR) is 69.8 cm³/mol. The van der Waals surface area contributed by atoms with E-state index in [4.69, 9.17) is 5.11 Å². The number of carbonyl (C=O) groups excluding carboxylic acids is 1. The number of carboxylic acid groups (broad SMARTS) is 1. The Morgan fingerprint density at radius 1 is 1.37 bits per heavy atom. The maximum absolute atomic E-state index is 13.1. The van der Waals surface area contributed by atoms with E-state index in [1.165, 1.54) is 0 Å². The largest absolute Gasteiger partial charge is 0.478 e. The minimum atomic E-state index is -1.22. The minimum Gasteiger partial charge on any atom is -0.478 e. The third kappa shape index (κ3) is 4.95. The molecule has 0 bridgehead atoms. The minimum absolute atomic E-state index is 0.0606. The van der Waals surface area contributed by atoms with E-state index in [-0.39, 0.29) is 11.3 Å². The van der Waals surface area contributed by atoms with Crippen LogP contribution in [0.25, 0.3) is 0 Å². The van der Waals surface area contributed by atoms with Crippen molar-refractivity contribution >= 4 is 17.7 Å². The second kappa shape index (κ2) is 6.72. The first-order valence-electron chi connectivity index (χ1n) is 5.98. The topological polar surface area (TPSA) is 78.4 Å². The van der Waals surface area contributed by atoms with E-state index in [0.29, 0.717) is 12.5 Å². The average Bonchev–Trinajstić information content (AvgIpc) is 2.27. The van der Waals surface area contributed by atoms with Gasteiger partial charge in [0.2, 0.25) is 0 Å². The van der Waals surface area contributed by atoms with Crippen molar-refractivity contribution in [3.8, 4) is 0 Å². The number of anilines is 1. The van der Waals surface area contributed by atoms with E-state index in [2.05, 4.69) is 10.6 Å². The Balaban J connectivity index is 2.67. The first kappa shape index (κ1) is 14.9. The summed E-state index contributed by atoms with van der Waals surface area (Å²) in [6, 6.07) is 2.58. The summed E-state index contributed by atoms with van der Waals surface area (Å²) in [6.45, 7) is 4.52. The molecule has 104 valence electrons. The van der Waals surface area contributed by atoms with Gasteiger partial charge in [0.1, 0.15) is 5.82 Å². The van der Waals surface area contributed by atoms with Crippen LogP contribution >= 0.6 is 0 Å². The van der Waals surface area contributed by atoms with Crippen LogP contribution in [-0.2, 0) is 0 Å². The normalized spacial score (nSPS) is 10.3. The van der Waals surface area contributed by atoms with E-state index >= 15 is 0 Å². The molecule has 0 aromatic heterocycles. The molecule has 0 aliphatic heterocycles. The van der Waals surface area contributed by atoms with E-state index in [1.807, 2.05) is 13.8 Å². The lowest BCUT2D eigenvalue weighted by Crippen LogP contribution is -2.30. The van der Waals surface area contributed by atoms with Crippen LogP contribution in [-0.4, -0.2) is 23.7 Å². The summed E-state index contributed by atoms with van der Waals surface area (Å²) in [6.07, 6.45) is 0.808. The Morgan fingerprint density at radius 3 is 2.63 bits per heavy atom. The highest BCUT2D eigenvalue weighted by Crippen LogP contribution is 2.17. The lowest BCUT2D eigenvalue weighted by molar-refractivity contribution is 0.0698. The van der Waals surface area contributed by atoms with Gasteiger partial charge in [-0.15, -0.1) is 0 Å². The highest BCUT2D eigenvalue weighted by Gasteiger charge is 2.13. The van der Waals surface area contributed by atoms with Gasteiger partial charge in [-0.05, 0) is 30.5 Å². The monoisotopic (exact) mass is 268 g/mol. The lowest BCUT2D eigenvalue weighted by Gasteiger charge is -2.10. The molecule has 0 saturated carbocycles. The number of carbonyl (C=O) groups is 2. The van der Waals surface area contributed by atoms with Crippen molar-refractivity contribution in [3.05, 3.63) is 29.6 Å². The number of hydrogen-bond donors (Lipinski definition) is 3. The molecule has 1 rings (SSSR count). The average molecular weight is 268 g/mol. The van der Waals surface area contributed by atoms with Gasteiger partial charge in [-0.3, -0.25) is 0 Å². The van der Waals surface area contributed by atoms with Gasteiger partial charge < -0.3 is 15.7 Å². The third-order valence-corrected chi connectivity index (χ3v) is 2.47. The van der Waals surface area contributed by atoms with Gasteiger partial charge >= 0.3 is 12.0 Å². The Bertz CT molecular complexity index is 475. The molecular weight excluding hydrogens is 251 g/mol. The summed E-state index contributed by atoms with van der Waals surface area (Å²) in [4.78, 5) is 22.5. The van der Waals surface area contributed by atoms with Crippen LogP contribution in [0.5, 0.6) is 0 Å². The quantitative estimate of drug-likeness (QED) is 0.768. The number of carboxylic acids is 1. The molecule has 0 aliphatic rings.